The Morgan fingerprint density at radius 2 is 1.91 bits per heavy atom. The standard InChI is InChI=1S/C26H30N2O6S/c1-5-34-26(32)27-10-8-17(9-11-27)28-21(19-7-6-12-35-19)20(23(30)25(28)31)22(29)18-14-15(2)13-16(3)24(18)33-4/h6-7,12-14,17,21,29H,5,8-11H2,1-4H3/b22-20-. The van der Waals surface area contributed by atoms with E-state index in [1.165, 1.54) is 18.4 Å². The number of hydrogen-bond donors (Lipinski definition) is 1. The molecule has 0 bridgehead atoms. The summed E-state index contributed by atoms with van der Waals surface area (Å²) in [5, 5.41) is 13.3. The highest BCUT2D eigenvalue weighted by Gasteiger charge is 2.50. The molecule has 9 heteroatoms. The van der Waals surface area contributed by atoms with Crippen LogP contribution in [0.5, 0.6) is 5.75 Å². The predicted molar refractivity (Wildman–Crippen MR) is 133 cm³/mol. The van der Waals surface area contributed by atoms with Crippen LogP contribution < -0.4 is 4.74 Å². The minimum Gasteiger partial charge on any atom is -0.507 e. The fraction of sp³-hybridized carbons (Fsp3) is 0.423. The van der Waals surface area contributed by atoms with Gasteiger partial charge in [-0.3, -0.25) is 9.59 Å². The predicted octanol–water partition coefficient (Wildman–Crippen LogP) is 4.42. The van der Waals surface area contributed by atoms with E-state index < -0.39 is 17.7 Å². The number of amides is 2. The number of nitrogens with zero attached hydrogens (tertiary/aromatic N) is 2. The maximum absolute atomic E-state index is 13.4. The number of hydrogen-bond acceptors (Lipinski definition) is 7. The zero-order chi connectivity index (χ0) is 25.3. The highest BCUT2D eigenvalue weighted by atomic mass is 32.1. The molecule has 1 aromatic carbocycles. The van der Waals surface area contributed by atoms with Crippen molar-refractivity contribution in [1.82, 2.24) is 9.80 Å². The Bertz CT molecular complexity index is 1160. The van der Waals surface area contributed by atoms with Gasteiger partial charge in [0.25, 0.3) is 11.7 Å². The molecule has 2 saturated heterocycles. The summed E-state index contributed by atoms with van der Waals surface area (Å²) in [6.07, 6.45) is 0.658. The topological polar surface area (TPSA) is 96.4 Å². The van der Waals surface area contributed by atoms with Crippen molar-refractivity contribution < 1.29 is 29.0 Å². The molecular weight excluding hydrogens is 468 g/mol. The van der Waals surface area contributed by atoms with Crippen molar-refractivity contribution in [3.8, 4) is 5.75 Å². The van der Waals surface area contributed by atoms with Gasteiger partial charge < -0.3 is 24.4 Å². The quantitative estimate of drug-likeness (QED) is 0.373. The lowest BCUT2D eigenvalue weighted by atomic mass is 9.95. The van der Waals surface area contributed by atoms with Crippen molar-refractivity contribution >= 4 is 34.9 Å². The molecule has 2 aliphatic heterocycles. The number of carbonyl (C=O) groups excluding carboxylic acids is 3. The van der Waals surface area contributed by atoms with Crippen LogP contribution in [0.3, 0.4) is 0 Å². The lowest BCUT2D eigenvalue weighted by molar-refractivity contribution is -0.142. The average Bonchev–Trinajstić information content (AvgIpc) is 3.45. The smallest absolute Gasteiger partial charge is 0.409 e. The molecule has 8 nitrogen and oxygen atoms in total. The Labute approximate surface area is 208 Å². The average molecular weight is 499 g/mol. The van der Waals surface area contributed by atoms with Crippen molar-refractivity contribution in [2.45, 2.75) is 45.7 Å². The monoisotopic (exact) mass is 498 g/mol. The van der Waals surface area contributed by atoms with E-state index in [0.717, 1.165) is 16.0 Å². The molecule has 1 unspecified atom stereocenters. The molecule has 1 atom stereocenters. The van der Waals surface area contributed by atoms with Crippen molar-refractivity contribution in [2.24, 2.45) is 0 Å². The Morgan fingerprint density at radius 3 is 2.51 bits per heavy atom. The highest BCUT2D eigenvalue weighted by Crippen LogP contribution is 2.45. The number of aliphatic hydroxyl groups excluding tert-OH is 1. The van der Waals surface area contributed by atoms with Crippen molar-refractivity contribution in [3.05, 3.63) is 56.8 Å². The zero-order valence-electron chi connectivity index (χ0n) is 20.4. The molecule has 2 aliphatic rings. The van der Waals surface area contributed by atoms with Crippen LogP contribution in [0.25, 0.3) is 5.76 Å². The van der Waals surface area contributed by atoms with Gasteiger partial charge in [0.2, 0.25) is 0 Å². The number of ether oxygens (including phenoxy) is 2. The number of aliphatic hydroxyl groups is 1. The van der Waals surface area contributed by atoms with E-state index in [4.69, 9.17) is 9.47 Å². The second-order valence-electron chi connectivity index (χ2n) is 8.80. The van der Waals surface area contributed by atoms with Crippen LogP contribution in [0.2, 0.25) is 0 Å². The lowest BCUT2D eigenvalue weighted by Crippen LogP contribution is -2.48. The van der Waals surface area contributed by atoms with Crippen LogP contribution in [0.4, 0.5) is 4.79 Å². The maximum Gasteiger partial charge on any atom is 0.409 e. The van der Waals surface area contributed by atoms with E-state index >= 15 is 0 Å². The highest BCUT2D eigenvalue weighted by molar-refractivity contribution is 7.10. The summed E-state index contributed by atoms with van der Waals surface area (Å²) in [6, 6.07) is 6.46. The number of rotatable bonds is 5. The van der Waals surface area contributed by atoms with Gasteiger partial charge in [0.15, 0.2) is 0 Å². The summed E-state index contributed by atoms with van der Waals surface area (Å²) >= 11 is 1.43. The van der Waals surface area contributed by atoms with Gasteiger partial charge >= 0.3 is 6.09 Å². The number of piperidine rings is 1. The number of thiophene rings is 1. The minimum atomic E-state index is -0.713. The number of aryl methyl sites for hydroxylation is 2. The number of methoxy groups -OCH3 is 1. The molecule has 2 fully saturated rings. The Morgan fingerprint density at radius 1 is 1.20 bits per heavy atom. The Balaban J connectivity index is 1.76. The minimum absolute atomic E-state index is 0.0635. The van der Waals surface area contributed by atoms with Crippen LogP contribution in [0.1, 0.15) is 47.4 Å². The largest absolute Gasteiger partial charge is 0.507 e. The fourth-order valence-electron chi connectivity index (χ4n) is 5.04. The normalized spacial score (nSPS) is 20.4. The third kappa shape index (κ3) is 4.52. The summed E-state index contributed by atoms with van der Waals surface area (Å²) in [5.41, 5.74) is 2.18. The Kier molecular flexibility index (Phi) is 7.16. The molecule has 2 amide bonds. The third-order valence-electron chi connectivity index (χ3n) is 6.55. The summed E-state index contributed by atoms with van der Waals surface area (Å²) in [6.45, 7) is 6.68. The first-order valence-electron chi connectivity index (χ1n) is 11.7. The zero-order valence-corrected chi connectivity index (χ0v) is 21.2. The molecule has 3 heterocycles. The van der Waals surface area contributed by atoms with Gasteiger partial charge in [-0.2, -0.15) is 0 Å². The second kappa shape index (κ2) is 10.1. The number of likely N-dealkylation sites (tertiary alicyclic amines) is 2. The lowest BCUT2D eigenvalue weighted by Gasteiger charge is -2.38. The molecule has 0 radical (unpaired) electrons. The first-order chi connectivity index (χ1) is 16.8. The molecule has 186 valence electrons. The van der Waals surface area contributed by atoms with Gasteiger partial charge in [0, 0.05) is 24.0 Å². The van der Waals surface area contributed by atoms with Gasteiger partial charge in [0.05, 0.1) is 30.9 Å². The van der Waals surface area contributed by atoms with Gasteiger partial charge in [-0.05, 0) is 62.3 Å². The summed E-state index contributed by atoms with van der Waals surface area (Å²) in [7, 11) is 1.51. The van der Waals surface area contributed by atoms with E-state index in [1.54, 1.807) is 22.8 Å². The van der Waals surface area contributed by atoms with Gasteiger partial charge in [-0.15, -0.1) is 11.3 Å². The number of Topliss-reactive ketones (excluding diaryl/α,β-unsaturated/α-hetero) is 1. The van der Waals surface area contributed by atoms with Gasteiger partial charge in [-0.25, -0.2) is 4.79 Å². The Hall–Kier alpha value is -3.33. The number of ketones is 1. The van der Waals surface area contributed by atoms with Crippen molar-refractivity contribution in [2.75, 3.05) is 26.8 Å². The molecule has 0 saturated carbocycles. The number of carbonyl (C=O) groups is 3. The third-order valence-corrected chi connectivity index (χ3v) is 7.48. The number of benzene rings is 1. The van der Waals surface area contributed by atoms with E-state index in [-0.39, 0.29) is 23.5 Å². The maximum atomic E-state index is 13.4. The molecule has 4 rings (SSSR count). The summed E-state index contributed by atoms with van der Waals surface area (Å²) in [4.78, 5) is 42.9. The van der Waals surface area contributed by atoms with E-state index in [2.05, 4.69) is 0 Å². The van der Waals surface area contributed by atoms with E-state index in [1.807, 2.05) is 37.4 Å². The fourth-order valence-corrected chi connectivity index (χ4v) is 5.87. The van der Waals surface area contributed by atoms with Gasteiger partial charge in [-0.1, -0.05) is 12.1 Å². The van der Waals surface area contributed by atoms with Crippen LogP contribution in [-0.4, -0.2) is 65.5 Å². The van der Waals surface area contributed by atoms with Crippen LogP contribution in [0, 0.1) is 13.8 Å². The van der Waals surface area contributed by atoms with E-state index in [0.29, 0.717) is 43.9 Å². The molecular formula is C26H30N2O6S. The molecule has 0 aliphatic carbocycles. The van der Waals surface area contributed by atoms with Crippen molar-refractivity contribution in [1.29, 1.82) is 0 Å². The molecule has 2 aromatic rings. The van der Waals surface area contributed by atoms with Crippen LogP contribution in [-0.2, 0) is 14.3 Å². The van der Waals surface area contributed by atoms with Crippen LogP contribution >= 0.6 is 11.3 Å². The molecule has 0 spiro atoms. The van der Waals surface area contributed by atoms with Gasteiger partial charge in [0.1, 0.15) is 11.5 Å². The summed E-state index contributed by atoms with van der Waals surface area (Å²) < 4.78 is 10.6. The first kappa shape index (κ1) is 24.8. The summed E-state index contributed by atoms with van der Waals surface area (Å²) in [5.74, 6) is -1.12. The molecule has 35 heavy (non-hydrogen) atoms. The molecule has 1 aromatic heterocycles. The second-order valence-corrected chi connectivity index (χ2v) is 9.78. The van der Waals surface area contributed by atoms with Crippen molar-refractivity contribution in [3.63, 3.8) is 0 Å². The molecule has 1 N–H and O–H groups in total. The first-order valence-corrected chi connectivity index (χ1v) is 12.6. The van der Waals surface area contributed by atoms with E-state index in [9.17, 15) is 19.5 Å². The van der Waals surface area contributed by atoms with Crippen LogP contribution in [0.15, 0.2) is 35.2 Å². The SMILES string of the molecule is CCOC(=O)N1CCC(N2C(=O)C(=O)/C(=C(\O)c3cc(C)cc(C)c3OC)C2c2cccs2)CC1.